The Morgan fingerprint density at radius 2 is 1.13 bits per heavy atom. The molecule has 2 N–H and O–H groups in total. The van der Waals surface area contributed by atoms with Gasteiger partial charge < -0.3 is 10.2 Å². The van der Waals surface area contributed by atoms with Crippen molar-refractivity contribution in [3.8, 4) is 0 Å². The number of nitrogens with zero attached hydrogens (tertiary/aromatic N) is 2. The van der Waals surface area contributed by atoms with E-state index < -0.39 is 11.2 Å². The lowest BCUT2D eigenvalue weighted by Gasteiger charge is -2.54. The summed E-state index contributed by atoms with van der Waals surface area (Å²) in [4.78, 5) is 19.0. The third-order valence-corrected chi connectivity index (χ3v) is 10.7. The second-order valence-corrected chi connectivity index (χ2v) is 12.7. The van der Waals surface area contributed by atoms with Gasteiger partial charge in [0, 0.05) is 24.9 Å². The first-order chi connectivity index (χ1) is 18.3. The molecule has 4 fully saturated rings. The zero-order chi connectivity index (χ0) is 26.5. The Morgan fingerprint density at radius 1 is 0.737 bits per heavy atom. The first kappa shape index (κ1) is 26.2. The van der Waals surface area contributed by atoms with Gasteiger partial charge in [0.15, 0.2) is 0 Å². The van der Waals surface area contributed by atoms with Crippen LogP contribution in [0.3, 0.4) is 0 Å². The molecule has 4 aliphatic rings. The minimum absolute atomic E-state index is 0.0703. The van der Waals surface area contributed by atoms with E-state index in [1.807, 2.05) is 60.7 Å². The van der Waals surface area contributed by atoms with Gasteiger partial charge in [0.25, 0.3) is 0 Å². The molecule has 8 unspecified atom stereocenters. The van der Waals surface area contributed by atoms with Crippen LogP contribution in [-0.2, 0) is 16.0 Å². The zero-order valence-corrected chi connectivity index (χ0v) is 23.0. The fraction of sp³-hybridized carbons (Fsp3) is 0.606. The second-order valence-electron chi connectivity index (χ2n) is 12.7. The van der Waals surface area contributed by atoms with Crippen LogP contribution in [0, 0.1) is 11.8 Å². The Kier molecular flexibility index (Phi) is 7.01. The number of hydrogen-bond acceptors (Lipinski definition) is 5. The van der Waals surface area contributed by atoms with Crippen LogP contribution in [0.5, 0.6) is 0 Å². The number of hydrogen-bond donors (Lipinski definition) is 2. The predicted octanol–water partition coefficient (Wildman–Crippen LogP) is 4.86. The third kappa shape index (κ3) is 4.18. The first-order valence-corrected chi connectivity index (χ1v) is 14.9. The van der Waals surface area contributed by atoms with Gasteiger partial charge in [-0.3, -0.25) is 14.6 Å². The lowest BCUT2D eigenvalue weighted by molar-refractivity contribution is -0.156. The fourth-order valence-corrected chi connectivity index (χ4v) is 8.81. The molecule has 0 aromatic heterocycles. The number of aliphatic hydroxyl groups is 2. The number of rotatable bonds is 6. The van der Waals surface area contributed by atoms with Crippen molar-refractivity contribution in [2.24, 2.45) is 11.8 Å². The number of benzene rings is 2. The van der Waals surface area contributed by atoms with Crippen LogP contribution < -0.4 is 0 Å². The zero-order valence-electron chi connectivity index (χ0n) is 23.0. The minimum atomic E-state index is -1.07. The highest BCUT2D eigenvalue weighted by Crippen LogP contribution is 2.50. The normalized spacial score (nSPS) is 39.6. The summed E-state index contributed by atoms with van der Waals surface area (Å²) in [5.41, 5.74) is -0.294. The van der Waals surface area contributed by atoms with Crippen LogP contribution in [0.4, 0.5) is 0 Å². The molecular formula is C33H44N2O3. The molecule has 0 radical (unpaired) electrons. The van der Waals surface area contributed by atoms with Crippen LogP contribution in [0.25, 0.3) is 0 Å². The molecule has 0 spiro atoms. The van der Waals surface area contributed by atoms with E-state index >= 15 is 0 Å². The van der Waals surface area contributed by atoms with E-state index in [9.17, 15) is 15.0 Å². The van der Waals surface area contributed by atoms with Crippen molar-refractivity contribution in [1.29, 1.82) is 0 Å². The number of Topliss-reactive ketones (excluding diaryl/α,β-unsaturated/α-hetero) is 1. The Bertz CT molecular complexity index is 1040. The SMILES string of the molecule is CC1CC2CCCN2C(CC(=O)CC2N3CCCC3CC(C)C2(O)c2ccccc2)C1(O)c1ccccc1. The molecule has 0 amide bonds. The average Bonchev–Trinajstić information content (AvgIpc) is 3.59. The molecule has 2 aromatic rings. The molecule has 5 heteroatoms. The molecule has 4 aliphatic heterocycles. The number of carbonyl (C=O) groups excluding carboxylic acids is 1. The minimum Gasteiger partial charge on any atom is -0.383 e. The maximum absolute atomic E-state index is 14.1. The van der Waals surface area contributed by atoms with Crippen molar-refractivity contribution in [3.05, 3.63) is 71.8 Å². The second kappa shape index (κ2) is 10.2. The molecule has 5 nitrogen and oxygen atoms in total. The summed E-state index contributed by atoms with van der Waals surface area (Å²) in [5, 5.41) is 24.8. The lowest BCUT2D eigenvalue weighted by atomic mass is 9.67. The van der Waals surface area contributed by atoms with Gasteiger partial charge in [-0.1, -0.05) is 74.5 Å². The summed E-state index contributed by atoms with van der Waals surface area (Å²) in [5.74, 6) is 0.296. The molecule has 2 aromatic carbocycles. The van der Waals surface area contributed by atoms with Gasteiger partial charge >= 0.3 is 0 Å². The molecular weight excluding hydrogens is 472 g/mol. The average molecular weight is 517 g/mol. The van der Waals surface area contributed by atoms with Gasteiger partial charge in [-0.15, -0.1) is 0 Å². The molecule has 0 saturated carbocycles. The number of carbonyl (C=O) groups is 1. The molecule has 4 heterocycles. The molecule has 6 rings (SSSR count). The van der Waals surface area contributed by atoms with Crippen molar-refractivity contribution in [2.45, 2.75) is 101 Å². The molecule has 204 valence electrons. The van der Waals surface area contributed by atoms with Gasteiger partial charge in [0.1, 0.15) is 17.0 Å². The summed E-state index contributed by atoms with van der Waals surface area (Å²) >= 11 is 0. The third-order valence-electron chi connectivity index (χ3n) is 10.7. The first-order valence-electron chi connectivity index (χ1n) is 14.9. The summed E-state index contributed by atoms with van der Waals surface area (Å²) < 4.78 is 0. The standard InChI is InChI=1S/C33H44N2O3/c1-23-19-27-15-9-17-34(27)30(32(23,37)25-11-5-3-6-12-25)21-29(36)22-31-33(38,26-13-7-4-8-14-26)24(2)20-28-16-10-18-35(28)31/h3-8,11-14,23-24,27-28,30-31,37-38H,9-10,15-22H2,1-2H3. The summed E-state index contributed by atoms with van der Waals surface area (Å²) in [6.45, 7) is 6.19. The highest BCUT2D eigenvalue weighted by Gasteiger charge is 2.56. The number of fused-ring (bicyclic) bond motifs is 2. The van der Waals surface area contributed by atoms with Gasteiger partial charge in [-0.25, -0.2) is 0 Å². The van der Waals surface area contributed by atoms with E-state index in [2.05, 4.69) is 23.6 Å². The highest BCUT2D eigenvalue weighted by molar-refractivity contribution is 5.80. The fourth-order valence-electron chi connectivity index (χ4n) is 8.81. The molecule has 8 atom stereocenters. The van der Waals surface area contributed by atoms with Gasteiger partial charge in [0.05, 0.1) is 12.1 Å². The van der Waals surface area contributed by atoms with Gasteiger partial charge in [0.2, 0.25) is 0 Å². The molecule has 0 bridgehead atoms. The number of piperidine rings is 2. The van der Waals surface area contributed by atoms with Crippen LogP contribution >= 0.6 is 0 Å². The molecule has 38 heavy (non-hydrogen) atoms. The van der Waals surface area contributed by atoms with Crippen molar-refractivity contribution >= 4 is 5.78 Å². The topological polar surface area (TPSA) is 64.0 Å². The van der Waals surface area contributed by atoms with E-state index in [1.54, 1.807) is 0 Å². The van der Waals surface area contributed by atoms with E-state index in [0.29, 0.717) is 24.9 Å². The van der Waals surface area contributed by atoms with E-state index in [4.69, 9.17) is 0 Å². The van der Waals surface area contributed by atoms with E-state index in [-0.39, 0.29) is 29.7 Å². The van der Waals surface area contributed by atoms with Gasteiger partial charge in [-0.05, 0) is 74.6 Å². The molecule has 4 saturated heterocycles. The summed E-state index contributed by atoms with van der Waals surface area (Å²) in [6.07, 6.45) is 7.08. The monoisotopic (exact) mass is 516 g/mol. The quantitative estimate of drug-likeness (QED) is 0.574. The van der Waals surface area contributed by atoms with Crippen molar-refractivity contribution in [2.75, 3.05) is 13.1 Å². The van der Waals surface area contributed by atoms with Crippen LogP contribution in [0.1, 0.15) is 76.3 Å². The van der Waals surface area contributed by atoms with Crippen molar-refractivity contribution < 1.29 is 15.0 Å². The Morgan fingerprint density at radius 3 is 1.53 bits per heavy atom. The Labute approximate surface area is 227 Å². The largest absolute Gasteiger partial charge is 0.383 e. The maximum Gasteiger partial charge on any atom is 0.136 e. The lowest BCUT2D eigenvalue weighted by Crippen LogP contribution is -2.62. The predicted molar refractivity (Wildman–Crippen MR) is 150 cm³/mol. The van der Waals surface area contributed by atoms with Crippen molar-refractivity contribution in [1.82, 2.24) is 9.80 Å². The summed E-state index contributed by atoms with van der Waals surface area (Å²) in [7, 11) is 0. The highest BCUT2D eigenvalue weighted by atomic mass is 16.3. The van der Waals surface area contributed by atoms with Crippen LogP contribution in [-0.4, -0.2) is 63.1 Å². The summed E-state index contributed by atoms with van der Waals surface area (Å²) in [6, 6.07) is 20.4. The van der Waals surface area contributed by atoms with E-state index in [1.165, 1.54) is 0 Å². The van der Waals surface area contributed by atoms with Gasteiger partial charge in [-0.2, -0.15) is 0 Å². The van der Waals surface area contributed by atoms with E-state index in [0.717, 1.165) is 62.7 Å². The molecule has 0 aliphatic carbocycles. The number of ketones is 1. The Hall–Kier alpha value is -2.05. The maximum atomic E-state index is 14.1. The van der Waals surface area contributed by atoms with Crippen LogP contribution in [0.2, 0.25) is 0 Å². The van der Waals surface area contributed by atoms with Crippen molar-refractivity contribution in [3.63, 3.8) is 0 Å². The smallest absolute Gasteiger partial charge is 0.136 e. The Balaban J connectivity index is 1.32. The van der Waals surface area contributed by atoms with Crippen LogP contribution in [0.15, 0.2) is 60.7 Å².